The van der Waals surface area contributed by atoms with Crippen LogP contribution in [0.15, 0.2) is 60.7 Å². The monoisotopic (exact) mass is 570 g/mol. The Kier molecular flexibility index (Phi) is 17.4. The van der Waals surface area contributed by atoms with Gasteiger partial charge in [-0.05, 0) is 27.6 Å². The van der Waals surface area contributed by atoms with Crippen molar-refractivity contribution in [2.45, 2.75) is 129 Å². The summed E-state index contributed by atoms with van der Waals surface area (Å²) in [6, 6.07) is 21.4. The third-order valence-electron chi connectivity index (χ3n) is 7.86. The molecule has 1 N–H and O–H groups in total. The summed E-state index contributed by atoms with van der Waals surface area (Å²) in [6.07, 6.45) is 19.1. The van der Waals surface area contributed by atoms with Crippen molar-refractivity contribution in [2.24, 2.45) is 0 Å². The maximum absolute atomic E-state index is 10.9. The summed E-state index contributed by atoms with van der Waals surface area (Å²) in [5.74, 6) is 1.88. The van der Waals surface area contributed by atoms with Gasteiger partial charge >= 0.3 is 0 Å². The topological polar surface area (TPSA) is 29.5 Å². The van der Waals surface area contributed by atoms with Crippen LogP contribution in [-0.4, -0.2) is 37.6 Å². The number of aliphatic hydroxyl groups excluding tert-OH is 1. The van der Waals surface area contributed by atoms with E-state index >= 15 is 0 Å². The van der Waals surface area contributed by atoms with Crippen LogP contribution in [0, 0.1) is 0 Å². The SMILES string of the molecule is CCCCCCCCCCCCCCCCSC[C@H](O)CO[Si](c1ccccc1)(c1ccccc1)C(C)(C)C. The van der Waals surface area contributed by atoms with Gasteiger partial charge in [-0.25, -0.2) is 0 Å². The molecule has 0 aliphatic carbocycles. The van der Waals surface area contributed by atoms with Crippen LogP contribution in [0.4, 0.5) is 0 Å². The van der Waals surface area contributed by atoms with Gasteiger partial charge in [0.05, 0.1) is 12.7 Å². The second kappa shape index (κ2) is 19.9. The summed E-state index contributed by atoms with van der Waals surface area (Å²) < 4.78 is 6.88. The van der Waals surface area contributed by atoms with Gasteiger partial charge in [0, 0.05) is 5.75 Å². The van der Waals surface area contributed by atoms with E-state index in [9.17, 15) is 5.11 Å². The van der Waals surface area contributed by atoms with Gasteiger partial charge in [-0.15, -0.1) is 0 Å². The van der Waals surface area contributed by atoms with E-state index in [0.29, 0.717) is 6.61 Å². The Labute approximate surface area is 246 Å². The average Bonchev–Trinajstić information content (AvgIpc) is 2.93. The van der Waals surface area contributed by atoms with E-state index in [4.69, 9.17) is 4.43 Å². The third kappa shape index (κ3) is 12.5. The zero-order valence-electron chi connectivity index (χ0n) is 25.6. The highest BCUT2D eigenvalue weighted by molar-refractivity contribution is 7.99. The highest BCUT2D eigenvalue weighted by Gasteiger charge is 2.50. The lowest BCUT2D eigenvalue weighted by molar-refractivity contribution is 0.121. The van der Waals surface area contributed by atoms with E-state index in [-0.39, 0.29) is 5.04 Å². The molecule has 2 aromatic carbocycles. The Bertz CT molecular complexity index is 797. The molecule has 1 atom stereocenters. The molecular formula is C35H58O2SSi. The first-order valence-corrected chi connectivity index (χ1v) is 19.0. The molecule has 0 aliphatic heterocycles. The van der Waals surface area contributed by atoms with Crippen molar-refractivity contribution in [1.29, 1.82) is 0 Å². The molecule has 220 valence electrons. The van der Waals surface area contributed by atoms with E-state index in [1.807, 2.05) is 11.8 Å². The normalized spacial score (nSPS) is 13.1. The van der Waals surface area contributed by atoms with E-state index in [0.717, 1.165) is 11.5 Å². The molecule has 0 saturated heterocycles. The average molecular weight is 571 g/mol. The molecule has 0 bridgehead atoms. The zero-order valence-corrected chi connectivity index (χ0v) is 27.5. The first kappa shape index (κ1) is 34.1. The molecule has 0 heterocycles. The maximum Gasteiger partial charge on any atom is 0.261 e. The molecule has 2 aromatic rings. The van der Waals surface area contributed by atoms with Gasteiger partial charge in [-0.3, -0.25) is 0 Å². The Morgan fingerprint density at radius 3 is 1.49 bits per heavy atom. The van der Waals surface area contributed by atoms with Crippen molar-refractivity contribution in [2.75, 3.05) is 18.1 Å². The summed E-state index contributed by atoms with van der Waals surface area (Å²) in [7, 11) is -2.57. The molecule has 2 rings (SSSR count). The van der Waals surface area contributed by atoms with E-state index in [1.54, 1.807) is 0 Å². The number of thioether (sulfide) groups is 1. The fourth-order valence-corrected chi connectivity index (χ4v) is 11.2. The number of unbranched alkanes of at least 4 members (excludes halogenated alkanes) is 13. The number of aliphatic hydroxyl groups is 1. The van der Waals surface area contributed by atoms with E-state index < -0.39 is 14.4 Å². The molecule has 0 amide bonds. The fourth-order valence-electron chi connectivity index (χ4n) is 5.65. The largest absolute Gasteiger partial charge is 0.405 e. The van der Waals surface area contributed by atoms with Gasteiger partial charge in [0.25, 0.3) is 8.32 Å². The molecule has 2 nitrogen and oxygen atoms in total. The zero-order chi connectivity index (χ0) is 28.2. The number of hydrogen-bond donors (Lipinski definition) is 1. The highest BCUT2D eigenvalue weighted by Crippen LogP contribution is 2.36. The van der Waals surface area contributed by atoms with Gasteiger partial charge in [0.2, 0.25) is 0 Å². The van der Waals surface area contributed by atoms with Gasteiger partial charge in [-0.1, -0.05) is 172 Å². The Morgan fingerprint density at radius 1 is 0.667 bits per heavy atom. The number of hydrogen-bond acceptors (Lipinski definition) is 3. The van der Waals surface area contributed by atoms with Crippen molar-refractivity contribution in [1.82, 2.24) is 0 Å². The lowest BCUT2D eigenvalue weighted by Gasteiger charge is -2.43. The van der Waals surface area contributed by atoms with Crippen LogP contribution >= 0.6 is 11.8 Å². The summed E-state index contributed by atoms with van der Waals surface area (Å²) in [4.78, 5) is 0. The summed E-state index contributed by atoms with van der Waals surface area (Å²) in [6.45, 7) is 9.54. The van der Waals surface area contributed by atoms with Crippen LogP contribution in [0.1, 0.15) is 118 Å². The first-order valence-electron chi connectivity index (χ1n) is 15.9. The second-order valence-electron chi connectivity index (χ2n) is 12.3. The quantitative estimate of drug-likeness (QED) is 0.113. The van der Waals surface area contributed by atoms with E-state index in [2.05, 4.69) is 88.4 Å². The molecule has 0 aromatic heterocycles. The van der Waals surface area contributed by atoms with Crippen molar-refractivity contribution < 1.29 is 9.53 Å². The highest BCUT2D eigenvalue weighted by atomic mass is 32.2. The summed E-state index contributed by atoms with van der Waals surface area (Å²) in [5.41, 5.74) is 0. The molecule has 0 spiro atoms. The maximum atomic E-state index is 10.9. The molecule has 0 radical (unpaired) electrons. The molecule has 4 heteroatoms. The van der Waals surface area contributed by atoms with Gasteiger partial charge in [0.1, 0.15) is 0 Å². The van der Waals surface area contributed by atoms with Crippen molar-refractivity contribution in [3.05, 3.63) is 60.7 Å². The van der Waals surface area contributed by atoms with E-state index in [1.165, 1.54) is 100 Å². The van der Waals surface area contributed by atoms with Gasteiger partial charge < -0.3 is 9.53 Å². The standard InChI is InChI=1S/C35H58O2SSi/c1-5-6-7-8-9-10-11-12-13-14-15-16-17-24-29-38-31-32(36)30-37-39(35(2,3)4,33-25-20-18-21-26-33)34-27-22-19-23-28-34/h18-23,25-28,32,36H,5-17,24,29-31H2,1-4H3/t32-/m1/s1. The Hall–Kier alpha value is -1.07. The smallest absolute Gasteiger partial charge is 0.261 e. The predicted molar refractivity (Wildman–Crippen MR) is 177 cm³/mol. The molecule has 0 saturated carbocycles. The van der Waals surface area contributed by atoms with Crippen LogP contribution in [0.2, 0.25) is 5.04 Å². The van der Waals surface area contributed by atoms with Crippen LogP contribution < -0.4 is 10.4 Å². The Balaban J connectivity index is 1.64. The van der Waals surface area contributed by atoms with Crippen molar-refractivity contribution in [3.8, 4) is 0 Å². The van der Waals surface area contributed by atoms with Crippen LogP contribution in [0.5, 0.6) is 0 Å². The Morgan fingerprint density at radius 2 is 1.08 bits per heavy atom. The fraction of sp³-hybridized carbons (Fsp3) is 0.657. The predicted octanol–water partition coefficient (Wildman–Crippen LogP) is 9.14. The van der Waals surface area contributed by atoms with Gasteiger partial charge in [-0.2, -0.15) is 11.8 Å². The minimum absolute atomic E-state index is 0.0587. The lowest BCUT2D eigenvalue weighted by atomic mass is 10.0. The molecule has 0 fully saturated rings. The van der Waals surface area contributed by atoms with Gasteiger partial charge in [0.15, 0.2) is 0 Å². The molecule has 0 aliphatic rings. The van der Waals surface area contributed by atoms with Crippen molar-refractivity contribution >= 4 is 30.5 Å². The first-order chi connectivity index (χ1) is 18.9. The minimum Gasteiger partial charge on any atom is -0.405 e. The van der Waals surface area contributed by atoms with Crippen molar-refractivity contribution in [3.63, 3.8) is 0 Å². The van der Waals surface area contributed by atoms with Crippen LogP contribution in [0.3, 0.4) is 0 Å². The summed E-state index contributed by atoms with van der Waals surface area (Å²) >= 11 is 1.88. The second-order valence-corrected chi connectivity index (χ2v) is 17.8. The lowest BCUT2D eigenvalue weighted by Crippen LogP contribution is -2.67. The summed E-state index contributed by atoms with van der Waals surface area (Å²) in [5, 5.41) is 13.3. The third-order valence-corrected chi connectivity index (χ3v) is 14.1. The molecular weight excluding hydrogens is 513 g/mol. The van der Waals surface area contributed by atoms with Crippen LogP contribution in [0.25, 0.3) is 0 Å². The number of rotatable bonds is 22. The van der Waals surface area contributed by atoms with Crippen LogP contribution in [-0.2, 0) is 4.43 Å². The minimum atomic E-state index is -2.57. The molecule has 39 heavy (non-hydrogen) atoms. The molecule has 0 unspecified atom stereocenters. The number of benzene rings is 2.